The first kappa shape index (κ1) is 21.8. The summed E-state index contributed by atoms with van der Waals surface area (Å²) in [6.45, 7) is 1.96. The molecule has 0 aromatic carbocycles. The molecule has 0 heterocycles. The van der Waals surface area contributed by atoms with Crippen LogP contribution < -0.4 is 0 Å². The highest BCUT2D eigenvalue weighted by Gasteiger charge is 1.94. The average Bonchev–Trinajstić information content (AvgIpc) is 2.55. The average molecular weight is 332 g/mol. The number of aliphatic hydroxyl groups excluding tert-OH is 1. The summed E-state index contributed by atoms with van der Waals surface area (Å²) in [5.41, 5.74) is 0. The topological polar surface area (TPSA) is 74.6 Å². The lowest BCUT2D eigenvalue weighted by atomic mass is 10.2. The Morgan fingerprint density at radius 2 is 1.75 bits per heavy atom. The van der Waals surface area contributed by atoms with E-state index in [-0.39, 0.29) is 12.2 Å². The molecule has 4 heteroatoms. The number of allylic oxidation sites excluding steroid dienone is 8. The van der Waals surface area contributed by atoms with Crippen molar-refractivity contribution in [3.8, 4) is 0 Å². The van der Waals surface area contributed by atoms with Crippen molar-refractivity contribution in [2.45, 2.75) is 51.6 Å². The molecule has 1 atom stereocenters. The normalized spacial score (nSPS) is 13.9. The lowest BCUT2D eigenvalue weighted by Crippen LogP contribution is -1.98. The number of carboxylic acids is 1. The van der Waals surface area contributed by atoms with Gasteiger partial charge in [0.1, 0.15) is 0 Å². The van der Waals surface area contributed by atoms with Crippen molar-refractivity contribution in [1.29, 1.82) is 0 Å². The molecule has 2 N–H and O–H groups in total. The van der Waals surface area contributed by atoms with Crippen LogP contribution in [-0.4, -0.2) is 28.1 Å². The van der Waals surface area contributed by atoms with Gasteiger partial charge in [-0.25, -0.2) is 0 Å². The van der Waals surface area contributed by atoms with Crippen LogP contribution in [0.5, 0.6) is 0 Å². The number of hydrogen-bond donors (Lipinski definition) is 2. The maximum absolute atomic E-state index is 11.3. The van der Waals surface area contributed by atoms with Crippen LogP contribution in [-0.2, 0) is 9.59 Å². The Hall–Kier alpha value is -2.20. The van der Waals surface area contributed by atoms with Crippen molar-refractivity contribution in [2.24, 2.45) is 0 Å². The first-order chi connectivity index (χ1) is 11.6. The molecule has 0 saturated heterocycles. The second kappa shape index (κ2) is 15.7. The minimum atomic E-state index is -0.762. The van der Waals surface area contributed by atoms with Gasteiger partial charge in [0, 0.05) is 6.42 Å². The van der Waals surface area contributed by atoms with Crippen LogP contribution in [0.1, 0.15) is 45.4 Å². The van der Waals surface area contributed by atoms with Gasteiger partial charge in [-0.15, -0.1) is 0 Å². The Kier molecular flexibility index (Phi) is 14.2. The molecule has 0 radical (unpaired) electrons. The third-order valence-corrected chi connectivity index (χ3v) is 2.97. The number of ketones is 1. The molecule has 24 heavy (non-hydrogen) atoms. The summed E-state index contributed by atoms with van der Waals surface area (Å²) < 4.78 is 0. The summed E-state index contributed by atoms with van der Waals surface area (Å²) in [5, 5.41) is 18.2. The molecule has 0 aliphatic carbocycles. The van der Waals surface area contributed by atoms with Crippen LogP contribution in [0.3, 0.4) is 0 Å². The number of carboxylic acid groups (broad SMARTS) is 1. The van der Waals surface area contributed by atoms with Gasteiger partial charge in [0.2, 0.25) is 0 Å². The second-order valence-corrected chi connectivity index (χ2v) is 5.22. The summed E-state index contributed by atoms with van der Waals surface area (Å²) in [4.78, 5) is 21.6. The van der Waals surface area contributed by atoms with E-state index in [0.29, 0.717) is 12.8 Å². The molecule has 0 amide bonds. The van der Waals surface area contributed by atoms with Gasteiger partial charge in [-0.1, -0.05) is 55.5 Å². The Balaban J connectivity index is 3.82. The molecule has 0 spiro atoms. The summed E-state index contributed by atoms with van der Waals surface area (Å²) in [6.07, 6.45) is 20.7. The highest BCUT2D eigenvalue weighted by atomic mass is 16.4. The monoisotopic (exact) mass is 332 g/mol. The second-order valence-electron chi connectivity index (χ2n) is 5.22. The molecule has 0 aromatic heterocycles. The van der Waals surface area contributed by atoms with Crippen molar-refractivity contribution in [1.82, 2.24) is 0 Å². The van der Waals surface area contributed by atoms with Crippen molar-refractivity contribution >= 4 is 11.8 Å². The number of aliphatic hydroxyl groups is 1. The molecule has 0 saturated carbocycles. The number of carbonyl (C=O) groups excluding carboxylic acids is 1. The number of unbranched alkanes of at least 4 members (excludes halogenated alkanes) is 1. The SMILES string of the molecule is CCC=CC(=O)C=CC=CC(O)CC=CCC=CCCCC(=O)O. The van der Waals surface area contributed by atoms with Crippen molar-refractivity contribution in [2.75, 3.05) is 0 Å². The molecule has 0 aromatic rings. The standard InChI is InChI=1S/C20H28O4/c1-2-3-13-18(21)15-11-12-16-19(22)14-9-7-5-4-6-8-10-17-20(23)24/h3-4,6-7,9,11-13,15-16,19,22H,2,5,8,10,14,17H2,1H3,(H,23,24). The maximum Gasteiger partial charge on any atom is 0.303 e. The predicted molar refractivity (Wildman–Crippen MR) is 97.7 cm³/mol. The van der Waals surface area contributed by atoms with E-state index in [1.807, 2.05) is 31.2 Å². The highest BCUT2D eigenvalue weighted by Crippen LogP contribution is 2.00. The third kappa shape index (κ3) is 16.2. The van der Waals surface area contributed by atoms with Gasteiger partial charge in [-0.05, 0) is 44.3 Å². The van der Waals surface area contributed by atoms with Gasteiger partial charge in [-0.2, -0.15) is 0 Å². The van der Waals surface area contributed by atoms with Crippen molar-refractivity contribution < 1.29 is 19.8 Å². The van der Waals surface area contributed by atoms with E-state index >= 15 is 0 Å². The van der Waals surface area contributed by atoms with E-state index in [4.69, 9.17) is 5.11 Å². The van der Waals surface area contributed by atoms with Crippen LogP contribution >= 0.6 is 0 Å². The van der Waals surface area contributed by atoms with Gasteiger partial charge in [0.25, 0.3) is 0 Å². The van der Waals surface area contributed by atoms with Gasteiger partial charge in [-0.3, -0.25) is 9.59 Å². The fourth-order valence-electron chi connectivity index (χ4n) is 1.71. The van der Waals surface area contributed by atoms with Crippen LogP contribution in [0, 0.1) is 0 Å². The smallest absolute Gasteiger partial charge is 0.303 e. The summed E-state index contributed by atoms with van der Waals surface area (Å²) >= 11 is 0. The lowest BCUT2D eigenvalue weighted by Gasteiger charge is -1.98. The molecule has 0 aliphatic heterocycles. The number of rotatable bonds is 13. The van der Waals surface area contributed by atoms with E-state index in [1.54, 1.807) is 24.3 Å². The van der Waals surface area contributed by atoms with Gasteiger partial charge in [0.05, 0.1) is 6.10 Å². The Morgan fingerprint density at radius 1 is 1.00 bits per heavy atom. The van der Waals surface area contributed by atoms with Crippen LogP contribution in [0.15, 0.2) is 60.8 Å². The fourth-order valence-corrected chi connectivity index (χ4v) is 1.71. The first-order valence-corrected chi connectivity index (χ1v) is 8.31. The predicted octanol–water partition coefficient (Wildman–Crippen LogP) is 4.14. The highest BCUT2D eigenvalue weighted by molar-refractivity contribution is 5.99. The largest absolute Gasteiger partial charge is 0.481 e. The summed E-state index contributed by atoms with van der Waals surface area (Å²) in [5.74, 6) is -0.826. The van der Waals surface area contributed by atoms with E-state index < -0.39 is 12.1 Å². The van der Waals surface area contributed by atoms with Gasteiger partial charge >= 0.3 is 5.97 Å². The molecule has 132 valence electrons. The zero-order chi connectivity index (χ0) is 18.0. The van der Waals surface area contributed by atoms with Crippen molar-refractivity contribution in [3.63, 3.8) is 0 Å². The summed E-state index contributed by atoms with van der Waals surface area (Å²) in [6, 6.07) is 0. The third-order valence-electron chi connectivity index (χ3n) is 2.97. The molecule has 1 unspecified atom stereocenters. The van der Waals surface area contributed by atoms with E-state index in [0.717, 1.165) is 19.3 Å². The van der Waals surface area contributed by atoms with Crippen LogP contribution in [0.2, 0.25) is 0 Å². The van der Waals surface area contributed by atoms with Gasteiger partial charge < -0.3 is 10.2 Å². The first-order valence-electron chi connectivity index (χ1n) is 8.31. The molecule has 0 aliphatic rings. The Labute approximate surface area is 144 Å². The number of hydrogen-bond acceptors (Lipinski definition) is 3. The van der Waals surface area contributed by atoms with Crippen LogP contribution in [0.25, 0.3) is 0 Å². The molecule has 0 fully saturated rings. The zero-order valence-corrected chi connectivity index (χ0v) is 14.3. The maximum atomic E-state index is 11.3. The minimum absolute atomic E-state index is 0.0639. The van der Waals surface area contributed by atoms with Gasteiger partial charge in [0.15, 0.2) is 5.78 Å². The quantitative estimate of drug-likeness (QED) is 0.230. The molecular weight excluding hydrogens is 304 g/mol. The fraction of sp³-hybridized carbons (Fsp3) is 0.400. The number of carbonyl (C=O) groups is 2. The Bertz CT molecular complexity index is 496. The van der Waals surface area contributed by atoms with E-state index in [2.05, 4.69) is 0 Å². The molecule has 4 nitrogen and oxygen atoms in total. The zero-order valence-electron chi connectivity index (χ0n) is 14.3. The number of aliphatic carboxylic acids is 1. The molecular formula is C20H28O4. The lowest BCUT2D eigenvalue weighted by molar-refractivity contribution is -0.137. The van der Waals surface area contributed by atoms with Crippen LogP contribution in [0.4, 0.5) is 0 Å². The van der Waals surface area contributed by atoms with E-state index in [9.17, 15) is 14.7 Å². The molecule has 0 bridgehead atoms. The van der Waals surface area contributed by atoms with Crippen molar-refractivity contribution in [3.05, 3.63) is 60.8 Å². The summed E-state index contributed by atoms with van der Waals surface area (Å²) in [7, 11) is 0. The van der Waals surface area contributed by atoms with E-state index in [1.165, 1.54) is 12.2 Å². The minimum Gasteiger partial charge on any atom is -0.481 e. The molecule has 0 rings (SSSR count). The Morgan fingerprint density at radius 3 is 2.46 bits per heavy atom.